The summed E-state index contributed by atoms with van der Waals surface area (Å²) < 4.78 is 37.1. The van der Waals surface area contributed by atoms with Gasteiger partial charge < -0.3 is 18.9 Å². The van der Waals surface area contributed by atoms with Crippen LogP contribution in [0.2, 0.25) is 0 Å². The van der Waals surface area contributed by atoms with E-state index in [0.717, 1.165) is 39.3 Å². The van der Waals surface area contributed by atoms with Gasteiger partial charge in [-0.2, -0.15) is 12.7 Å². The lowest BCUT2D eigenvalue weighted by Gasteiger charge is -2.24. The number of amides is 1. The molecule has 1 aliphatic carbocycles. The van der Waals surface area contributed by atoms with Crippen molar-refractivity contribution in [2.75, 3.05) is 40.9 Å². The number of hydrogen-bond acceptors (Lipinski definition) is 6. The molecule has 1 saturated carbocycles. The Labute approximate surface area is 248 Å². The average molecular weight is 599 g/mol. The SMILES string of the molecule is COC(=O)c1ccc2c(C3CCCCC3)c(-c3ccccc3OCC(=O)N(C)CCCCN(C)S(N)(=O)=O)n(C)c2c1. The third kappa shape index (κ3) is 7.14. The Bertz CT molecular complexity index is 1530. The Morgan fingerprint density at radius 1 is 1.02 bits per heavy atom. The van der Waals surface area contributed by atoms with Crippen LogP contribution < -0.4 is 9.88 Å². The number of methoxy groups -OCH3 is 1. The second-order valence-electron chi connectivity index (χ2n) is 11.1. The molecule has 228 valence electrons. The van der Waals surface area contributed by atoms with Gasteiger partial charge in [0.2, 0.25) is 0 Å². The molecule has 0 bridgehead atoms. The fourth-order valence-electron chi connectivity index (χ4n) is 5.81. The highest BCUT2D eigenvalue weighted by molar-refractivity contribution is 7.86. The average Bonchev–Trinajstić information content (AvgIpc) is 3.28. The van der Waals surface area contributed by atoms with Gasteiger partial charge in [0.05, 0.1) is 18.4 Å². The molecule has 0 spiro atoms. The standard InChI is InChI=1S/C31H42N4O6S/c1-33(18-10-11-19-34(2)42(32,38)39)28(36)21-41-27-15-9-8-14-25(27)30-29(22-12-6-5-7-13-22)24-17-16-23(31(37)40-4)20-26(24)35(30)3/h8-9,14-17,20,22H,5-7,10-13,18-19,21H2,1-4H3,(H2,32,38,39). The molecule has 1 heterocycles. The number of esters is 1. The molecule has 11 heteroatoms. The number of likely N-dealkylation sites (N-methyl/N-ethyl adjacent to an activating group) is 1. The number of carbonyl (C=O) groups is 2. The van der Waals surface area contributed by atoms with Gasteiger partial charge in [-0.25, -0.2) is 9.93 Å². The van der Waals surface area contributed by atoms with Crippen molar-refractivity contribution in [1.82, 2.24) is 13.8 Å². The molecule has 1 amide bonds. The Morgan fingerprint density at radius 3 is 2.40 bits per heavy atom. The van der Waals surface area contributed by atoms with Crippen molar-refractivity contribution >= 4 is 33.0 Å². The van der Waals surface area contributed by atoms with E-state index in [1.807, 2.05) is 49.5 Å². The molecule has 1 fully saturated rings. The Morgan fingerprint density at radius 2 is 1.71 bits per heavy atom. The summed E-state index contributed by atoms with van der Waals surface area (Å²) in [6.07, 6.45) is 7.01. The molecule has 0 saturated heterocycles. The molecule has 42 heavy (non-hydrogen) atoms. The van der Waals surface area contributed by atoms with Crippen LogP contribution in [0, 0.1) is 0 Å². The molecule has 4 rings (SSSR count). The van der Waals surface area contributed by atoms with Gasteiger partial charge in [-0.05, 0) is 61.4 Å². The molecule has 0 atom stereocenters. The first-order chi connectivity index (χ1) is 20.0. The number of aryl methyl sites for hydroxylation is 1. The van der Waals surface area contributed by atoms with Gasteiger partial charge in [0.1, 0.15) is 5.75 Å². The molecule has 2 N–H and O–H groups in total. The van der Waals surface area contributed by atoms with Gasteiger partial charge in [-0.15, -0.1) is 0 Å². The fraction of sp³-hybridized carbons (Fsp3) is 0.484. The second kappa shape index (κ2) is 13.7. The highest BCUT2D eigenvalue weighted by atomic mass is 32.2. The van der Waals surface area contributed by atoms with Crippen LogP contribution >= 0.6 is 0 Å². The maximum atomic E-state index is 12.9. The largest absolute Gasteiger partial charge is 0.483 e. The molecular weight excluding hydrogens is 556 g/mol. The summed E-state index contributed by atoms with van der Waals surface area (Å²) in [7, 11) is 2.83. The fourth-order valence-corrected chi connectivity index (χ4v) is 6.20. The van der Waals surface area contributed by atoms with Crippen molar-refractivity contribution in [2.24, 2.45) is 12.2 Å². The van der Waals surface area contributed by atoms with Crippen molar-refractivity contribution in [3.8, 4) is 17.0 Å². The van der Waals surface area contributed by atoms with E-state index in [1.165, 1.54) is 39.0 Å². The number of para-hydroxylation sites is 1. The number of ether oxygens (including phenoxy) is 2. The van der Waals surface area contributed by atoms with Gasteiger partial charge >= 0.3 is 5.97 Å². The van der Waals surface area contributed by atoms with Crippen molar-refractivity contribution in [1.29, 1.82) is 0 Å². The van der Waals surface area contributed by atoms with E-state index in [1.54, 1.807) is 11.9 Å². The molecule has 3 aromatic rings. The van der Waals surface area contributed by atoms with Crippen LogP contribution in [0.4, 0.5) is 0 Å². The normalized spacial score (nSPS) is 14.3. The highest BCUT2D eigenvalue weighted by Crippen LogP contribution is 2.45. The van der Waals surface area contributed by atoms with E-state index in [9.17, 15) is 18.0 Å². The van der Waals surface area contributed by atoms with Gasteiger partial charge in [-0.3, -0.25) is 4.79 Å². The third-order valence-corrected chi connectivity index (χ3v) is 9.30. The van der Waals surface area contributed by atoms with Gasteiger partial charge in [0, 0.05) is 50.7 Å². The first-order valence-corrected chi connectivity index (χ1v) is 15.9. The molecule has 0 aliphatic heterocycles. The molecule has 2 aromatic carbocycles. The summed E-state index contributed by atoms with van der Waals surface area (Å²) in [6.45, 7) is 0.639. The minimum Gasteiger partial charge on any atom is -0.483 e. The molecule has 0 unspecified atom stereocenters. The predicted octanol–water partition coefficient (Wildman–Crippen LogP) is 4.43. The zero-order valence-corrected chi connectivity index (χ0v) is 25.8. The summed E-state index contributed by atoms with van der Waals surface area (Å²) in [5, 5.41) is 6.24. The van der Waals surface area contributed by atoms with Crippen LogP contribution in [0.5, 0.6) is 5.75 Å². The van der Waals surface area contributed by atoms with Gasteiger partial charge in [0.15, 0.2) is 6.61 Å². The van der Waals surface area contributed by atoms with Crippen LogP contribution in [0.25, 0.3) is 22.2 Å². The summed E-state index contributed by atoms with van der Waals surface area (Å²) >= 11 is 0. The van der Waals surface area contributed by atoms with Crippen LogP contribution in [-0.2, 0) is 26.8 Å². The lowest BCUT2D eigenvalue weighted by atomic mass is 9.81. The van der Waals surface area contributed by atoms with Crippen LogP contribution in [0.15, 0.2) is 42.5 Å². The smallest absolute Gasteiger partial charge is 0.337 e. The Hall–Kier alpha value is -3.41. The zero-order chi connectivity index (χ0) is 30.4. The van der Waals surface area contributed by atoms with Crippen molar-refractivity contribution in [3.05, 3.63) is 53.6 Å². The molecule has 1 aliphatic rings. The number of nitrogens with two attached hydrogens (primary N) is 1. The first-order valence-electron chi connectivity index (χ1n) is 14.4. The first kappa shape index (κ1) is 31.5. The van der Waals surface area contributed by atoms with Crippen molar-refractivity contribution in [3.63, 3.8) is 0 Å². The quantitative estimate of drug-likeness (QED) is 0.243. The van der Waals surface area contributed by atoms with Gasteiger partial charge in [0.25, 0.3) is 16.1 Å². The van der Waals surface area contributed by atoms with Crippen LogP contribution in [0.1, 0.15) is 66.8 Å². The monoisotopic (exact) mass is 598 g/mol. The Kier molecular flexibility index (Phi) is 10.3. The number of hydrogen-bond donors (Lipinski definition) is 1. The zero-order valence-electron chi connectivity index (χ0n) is 25.0. The summed E-state index contributed by atoms with van der Waals surface area (Å²) in [6, 6.07) is 13.5. The van der Waals surface area contributed by atoms with Crippen LogP contribution in [0.3, 0.4) is 0 Å². The van der Waals surface area contributed by atoms with E-state index in [4.69, 9.17) is 14.6 Å². The number of fused-ring (bicyclic) bond motifs is 1. The number of benzene rings is 2. The van der Waals surface area contributed by atoms with Crippen molar-refractivity contribution < 1.29 is 27.5 Å². The number of rotatable bonds is 12. The van der Waals surface area contributed by atoms with Crippen LogP contribution in [-0.4, -0.2) is 75.0 Å². The Balaban J connectivity index is 1.57. The number of nitrogens with zero attached hydrogens (tertiary/aromatic N) is 3. The maximum absolute atomic E-state index is 12.9. The second-order valence-corrected chi connectivity index (χ2v) is 12.7. The van der Waals surface area contributed by atoms with E-state index in [0.29, 0.717) is 43.2 Å². The summed E-state index contributed by atoms with van der Waals surface area (Å²) in [5.74, 6) is 0.458. The molecule has 1 aromatic heterocycles. The predicted molar refractivity (Wildman–Crippen MR) is 164 cm³/mol. The van der Waals surface area contributed by atoms with Gasteiger partial charge in [-0.1, -0.05) is 37.5 Å². The lowest BCUT2D eigenvalue weighted by Crippen LogP contribution is -2.35. The number of aromatic nitrogens is 1. The molecule has 10 nitrogen and oxygen atoms in total. The maximum Gasteiger partial charge on any atom is 0.337 e. The number of unbranched alkanes of at least 4 members (excludes halogenated alkanes) is 1. The van der Waals surface area contributed by atoms with E-state index in [-0.39, 0.29) is 18.5 Å². The topological polar surface area (TPSA) is 124 Å². The number of carbonyl (C=O) groups excluding carboxylic acids is 2. The minimum absolute atomic E-state index is 0.125. The van der Waals surface area contributed by atoms with E-state index in [2.05, 4.69) is 4.57 Å². The minimum atomic E-state index is -3.71. The lowest BCUT2D eigenvalue weighted by molar-refractivity contribution is -0.132. The molecular formula is C31H42N4O6S. The summed E-state index contributed by atoms with van der Waals surface area (Å²) in [5.41, 5.74) is 4.65. The van der Waals surface area contributed by atoms with E-state index < -0.39 is 10.2 Å². The molecule has 0 radical (unpaired) electrons. The van der Waals surface area contributed by atoms with E-state index >= 15 is 0 Å². The van der Waals surface area contributed by atoms with Crippen molar-refractivity contribution in [2.45, 2.75) is 50.9 Å². The summed E-state index contributed by atoms with van der Waals surface area (Å²) in [4.78, 5) is 26.8. The highest BCUT2D eigenvalue weighted by Gasteiger charge is 2.27. The third-order valence-electron chi connectivity index (χ3n) is 8.24.